The molecule has 8 heteroatoms. The number of nitro benzene ring substituents is 1. The predicted molar refractivity (Wildman–Crippen MR) is 76.2 cm³/mol. The molecule has 19 heavy (non-hydrogen) atoms. The Balaban J connectivity index is 2.26. The number of hydrogen-bond acceptors (Lipinski definition) is 5. The number of benzene rings is 1. The molecule has 2 rings (SSSR count). The van der Waals surface area contributed by atoms with Crippen molar-refractivity contribution in [2.24, 2.45) is 0 Å². The average Bonchev–Trinajstić information content (AvgIpc) is 2.61. The first-order valence-corrected chi connectivity index (χ1v) is 8.31. The van der Waals surface area contributed by atoms with Crippen molar-refractivity contribution in [1.82, 2.24) is 0 Å². The van der Waals surface area contributed by atoms with Gasteiger partial charge in [0, 0.05) is 22.1 Å². The Kier molecular flexibility index (Phi) is 3.82. The second kappa shape index (κ2) is 5.09. The number of rotatable bonds is 3. The van der Waals surface area contributed by atoms with Gasteiger partial charge in [-0.15, -0.1) is 0 Å². The van der Waals surface area contributed by atoms with E-state index in [2.05, 4.69) is 21.2 Å². The Bertz CT molecular complexity index is 630. The number of nitrogens with one attached hydrogen (secondary N) is 1. The van der Waals surface area contributed by atoms with Gasteiger partial charge in [0.2, 0.25) is 0 Å². The lowest BCUT2D eigenvalue weighted by Gasteiger charge is -2.14. The van der Waals surface area contributed by atoms with Crippen molar-refractivity contribution < 1.29 is 13.3 Å². The number of hydrogen-bond donors (Lipinski definition) is 1. The van der Waals surface area contributed by atoms with Crippen LogP contribution >= 0.6 is 15.9 Å². The van der Waals surface area contributed by atoms with Crippen molar-refractivity contribution >= 4 is 37.1 Å². The zero-order valence-electron chi connectivity index (χ0n) is 10.2. The summed E-state index contributed by atoms with van der Waals surface area (Å²) in [5.74, 6) is 0.233. The van der Waals surface area contributed by atoms with Gasteiger partial charge in [-0.3, -0.25) is 10.1 Å². The second-order valence-electron chi connectivity index (χ2n) is 4.62. The highest BCUT2D eigenvalue weighted by atomic mass is 79.9. The minimum atomic E-state index is -2.97. The van der Waals surface area contributed by atoms with Gasteiger partial charge in [-0.2, -0.15) is 0 Å². The Hall–Kier alpha value is -1.15. The van der Waals surface area contributed by atoms with Gasteiger partial charge in [0.1, 0.15) is 0 Å². The van der Waals surface area contributed by atoms with Crippen molar-refractivity contribution in [2.75, 3.05) is 16.8 Å². The minimum absolute atomic E-state index is 0.0200. The fourth-order valence-electron chi connectivity index (χ4n) is 2.10. The third-order valence-electron chi connectivity index (χ3n) is 3.07. The molecule has 0 spiro atoms. The Morgan fingerprint density at radius 2 is 2.16 bits per heavy atom. The van der Waals surface area contributed by atoms with Gasteiger partial charge in [0.05, 0.1) is 22.1 Å². The predicted octanol–water partition coefficient (Wildman–Crippen LogP) is 2.26. The first kappa shape index (κ1) is 14.3. The van der Waals surface area contributed by atoms with Crippen LogP contribution in [0.4, 0.5) is 11.4 Å². The molecule has 6 nitrogen and oxygen atoms in total. The quantitative estimate of drug-likeness (QED) is 0.668. The van der Waals surface area contributed by atoms with Crippen LogP contribution in [0.3, 0.4) is 0 Å². The number of sulfone groups is 1. The van der Waals surface area contributed by atoms with Crippen LogP contribution < -0.4 is 5.32 Å². The van der Waals surface area contributed by atoms with Crippen molar-refractivity contribution in [1.29, 1.82) is 0 Å². The summed E-state index contributed by atoms with van der Waals surface area (Å²) in [5, 5.41) is 13.9. The molecule has 1 heterocycles. The van der Waals surface area contributed by atoms with Crippen molar-refractivity contribution in [3.63, 3.8) is 0 Å². The Morgan fingerprint density at radius 1 is 1.47 bits per heavy atom. The van der Waals surface area contributed by atoms with E-state index in [0.717, 1.165) is 0 Å². The molecule has 1 fully saturated rings. The van der Waals surface area contributed by atoms with Crippen LogP contribution in [0.25, 0.3) is 0 Å². The summed E-state index contributed by atoms with van der Waals surface area (Å²) in [6.07, 6.45) is 0.524. The smallest absolute Gasteiger partial charge is 0.274 e. The van der Waals surface area contributed by atoms with Crippen LogP contribution in [0, 0.1) is 17.0 Å². The van der Waals surface area contributed by atoms with E-state index in [4.69, 9.17) is 0 Å². The van der Waals surface area contributed by atoms with E-state index < -0.39 is 14.8 Å². The summed E-state index contributed by atoms with van der Waals surface area (Å²) in [6.45, 7) is 1.66. The third-order valence-corrected chi connectivity index (χ3v) is 5.50. The first-order chi connectivity index (χ1) is 8.78. The largest absolute Gasteiger partial charge is 0.380 e. The molecule has 1 aromatic rings. The highest BCUT2D eigenvalue weighted by Crippen LogP contribution is 2.32. The van der Waals surface area contributed by atoms with E-state index in [1.807, 2.05) is 0 Å². The van der Waals surface area contributed by atoms with Crippen LogP contribution in [0.5, 0.6) is 0 Å². The summed E-state index contributed by atoms with van der Waals surface area (Å²) in [6, 6.07) is 2.90. The minimum Gasteiger partial charge on any atom is -0.380 e. The molecular formula is C11H13BrN2O4S. The van der Waals surface area contributed by atoms with E-state index in [9.17, 15) is 18.5 Å². The van der Waals surface area contributed by atoms with Crippen molar-refractivity contribution in [3.8, 4) is 0 Å². The van der Waals surface area contributed by atoms with Crippen molar-refractivity contribution in [3.05, 3.63) is 32.3 Å². The second-order valence-corrected chi connectivity index (χ2v) is 7.70. The number of anilines is 1. The van der Waals surface area contributed by atoms with Gasteiger partial charge < -0.3 is 5.32 Å². The molecule has 1 unspecified atom stereocenters. The third kappa shape index (κ3) is 3.24. The summed E-state index contributed by atoms with van der Waals surface area (Å²) in [7, 11) is -2.97. The highest BCUT2D eigenvalue weighted by molar-refractivity contribution is 9.10. The maximum absolute atomic E-state index is 11.4. The van der Waals surface area contributed by atoms with Crippen LogP contribution in [-0.4, -0.2) is 30.9 Å². The van der Waals surface area contributed by atoms with Crippen LogP contribution in [0.1, 0.15) is 12.0 Å². The topological polar surface area (TPSA) is 89.3 Å². The summed E-state index contributed by atoms with van der Waals surface area (Å²) >= 11 is 3.33. The lowest BCUT2D eigenvalue weighted by Crippen LogP contribution is -2.20. The zero-order valence-corrected chi connectivity index (χ0v) is 12.6. The van der Waals surface area contributed by atoms with Crippen LogP contribution in [0.2, 0.25) is 0 Å². The standard InChI is InChI=1S/C11H13BrN2O4S/c1-7-4-9(12)10(5-11(7)14(15)16)13-8-2-3-19(17,18)6-8/h4-5,8,13H,2-3,6H2,1H3. The monoisotopic (exact) mass is 348 g/mol. The number of nitro groups is 1. The molecule has 1 aliphatic rings. The average molecular weight is 349 g/mol. The molecule has 104 valence electrons. The number of halogens is 1. The van der Waals surface area contributed by atoms with Gasteiger partial charge >= 0.3 is 0 Å². The molecular weight excluding hydrogens is 336 g/mol. The molecule has 1 aromatic carbocycles. The Labute approximate surface area is 119 Å². The van der Waals surface area contributed by atoms with Crippen molar-refractivity contribution in [2.45, 2.75) is 19.4 Å². The highest BCUT2D eigenvalue weighted by Gasteiger charge is 2.28. The molecule has 1 saturated heterocycles. The molecule has 0 amide bonds. The van der Waals surface area contributed by atoms with Crippen LogP contribution in [0.15, 0.2) is 16.6 Å². The fourth-order valence-corrected chi connectivity index (χ4v) is 4.34. The maximum atomic E-state index is 11.4. The molecule has 1 aliphatic heterocycles. The SMILES string of the molecule is Cc1cc(Br)c(NC2CCS(=O)(=O)C2)cc1[N+](=O)[O-]. The lowest BCUT2D eigenvalue weighted by molar-refractivity contribution is -0.385. The number of nitrogens with zero attached hydrogens (tertiary/aromatic N) is 1. The van der Waals surface area contributed by atoms with Crippen LogP contribution in [-0.2, 0) is 9.84 Å². The molecule has 1 atom stereocenters. The van der Waals surface area contributed by atoms with Gasteiger partial charge in [-0.05, 0) is 35.3 Å². The van der Waals surface area contributed by atoms with E-state index in [1.165, 1.54) is 6.07 Å². The summed E-state index contributed by atoms with van der Waals surface area (Å²) < 4.78 is 23.5. The number of aryl methyl sites for hydroxylation is 1. The van der Waals surface area contributed by atoms with Gasteiger partial charge in [0.15, 0.2) is 9.84 Å². The van der Waals surface area contributed by atoms with Gasteiger partial charge in [-0.25, -0.2) is 8.42 Å². The molecule has 1 N–H and O–H groups in total. The van der Waals surface area contributed by atoms with E-state index >= 15 is 0 Å². The fraction of sp³-hybridized carbons (Fsp3) is 0.455. The van der Waals surface area contributed by atoms with E-state index in [-0.39, 0.29) is 23.2 Å². The van der Waals surface area contributed by atoms with E-state index in [0.29, 0.717) is 22.1 Å². The van der Waals surface area contributed by atoms with Gasteiger partial charge in [-0.1, -0.05) is 0 Å². The molecule has 0 aromatic heterocycles. The normalized spacial score (nSPS) is 21.3. The molecule has 0 saturated carbocycles. The first-order valence-electron chi connectivity index (χ1n) is 5.70. The Morgan fingerprint density at radius 3 is 2.68 bits per heavy atom. The zero-order chi connectivity index (χ0) is 14.2. The molecule has 0 aliphatic carbocycles. The maximum Gasteiger partial charge on any atom is 0.274 e. The van der Waals surface area contributed by atoms with Gasteiger partial charge in [0.25, 0.3) is 5.69 Å². The van der Waals surface area contributed by atoms with E-state index in [1.54, 1.807) is 13.0 Å². The molecule has 0 radical (unpaired) electrons. The lowest BCUT2D eigenvalue weighted by atomic mass is 10.1. The summed E-state index contributed by atoms with van der Waals surface area (Å²) in [4.78, 5) is 10.4. The summed E-state index contributed by atoms with van der Waals surface area (Å²) in [5.41, 5.74) is 1.13. The molecule has 0 bridgehead atoms.